The van der Waals surface area contributed by atoms with Gasteiger partial charge in [0.25, 0.3) is 5.79 Å². The van der Waals surface area contributed by atoms with E-state index in [1.807, 2.05) is 42.5 Å². The number of nitrogens with zero attached hydrogens (tertiary/aromatic N) is 3. The standard InChI is InChI=1S/C24H23N3O4/c1-23(2)30-21(28)24(22(29)31-23)13-16-7-3-6-10-19(16)27-12-11-26(15-20(24)27)18-9-5-4-8-17(18)14-25/h3-10,20H,11-13,15H2,1-2H3. The molecule has 1 spiro atoms. The van der Waals surface area contributed by atoms with Crippen molar-refractivity contribution in [1.82, 2.24) is 0 Å². The maximum Gasteiger partial charge on any atom is 0.329 e. The van der Waals surface area contributed by atoms with Gasteiger partial charge in [-0.05, 0) is 23.8 Å². The second-order valence-electron chi connectivity index (χ2n) is 8.74. The maximum absolute atomic E-state index is 13.4. The molecule has 3 aliphatic rings. The number of piperazine rings is 1. The summed E-state index contributed by atoms with van der Waals surface area (Å²) in [4.78, 5) is 31.0. The van der Waals surface area contributed by atoms with Gasteiger partial charge in [0, 0.05) is 45.6 Å². The number of hydrogen-bond acceptors (Lipinski definition) is 7. The van der Waals surface area contributed by atoms with Crippen LogP contribution in [0.15, 0.2) is 48.5 Å². The molecule has 7 heteroatoms. The summed E-state index contributed by atoms with van der Waals surface area (Å²) in [7, 11) is 0. The van der Waals surface area contributed by atoms with E-state index in [9.17, 15) is 14.9 Å². The summed E-state index contributed by atoms with van der Waals surface area (Å²) < 4.78 is 11.2. The van der Waals surface area contributed by atoms with Crippen molar-refractivity contribution < 1.29 is 19.1 Å². The summed E-state index contributed by atoms with van der Waals surface area (Å²) in [6, 6.07) is 17.0. The SMILES string of the molecule is CC1(C)OC(=O)C2(Cc3ccccc3N3CCN(c4ccccc4C#N)CC32)C(=O)O1. The molecule has 0 saturated carbocycles. The van der Waals surface area contributed by atoms with E-state index in [4.69, 9.17) is 9.47 Å². The molecule has 2 aromatic carbocycles. The quantitative estimate of drug-likeness (QED) is 0.521. The van der Waals surface area contributed by atoms with Crippen molar-refractivity contribution in [3.63, 3.8) is 0 Å². The van der Waals surface area contributed by atoms with E-state index in [0.717, 1.165) is 16.9 Å². The van der Waals surface area contributed by atoms with Crippen LogP contribution >= 0.6 is 0 Å². The zero-order valence-electron chi connectivity index (χ0n) is 17.5. The Morgan fingerprint density at radius 2 is 1.61 bits per heavy atom. The zero-order chi connectivity index (χ0) is 21.8. The average Bonchev–Trinajstić information content (AvgIpc) is 2.76. The Balaban J connectivity index is 1.61. The number of cyclic esters (lactones) is 2. The van der Waals surface area contributed by atoms with Gasteiger partial charge < -0.3 is 19.3 Å². The van der Waals surface area contributed by atoms with Crippen LogP contribution in [0.4, 0.5) is 11.4 Å². The third-order valence-electron chi connectivity index (χ3n) is 6.49. The second-order valence-corrected chi connectivity index (χ2v) is 8.74. The van der Waals surface area contributed by atoms with Gasteiger partial charge in [-0.15, -0.1) is 0 Å². The summed E-state index contributed by atoms with van der Waals surface area (Å²) in [6.07, 6.45) is 0.228. The van der Waals surface area contributed by atoms with Gasteiger partial charge in [0.15, 0.2) is 5.41 Å². The molecule has 31 heavy (non-hydrogen) atoms. The van der Waals surface area contributed by atoms with Crippen LogP contribution in [0.5, 0.6) is 0 Å². The van der Waals surface area contributed by atoms with Crippen LogP contribution in [0.3, 0.4) is 0 Å². The number of hydrogen-bond donors (Lipinski definition) is 0. The van der Waals surface area contributed by atoms with E-state index >= 15 is 0 Å². The fraction of sp³-hybridized carbons (Fsp3) is 0.375. The Hall–Kier alpha value is -3.53. The van der Waals surface area contributed by atoms with E-state index < -0.39 is 29.2 Å². The largest absolute Gasteiger partial charge is 0.422 e. The minimum Gasteiger partial charge on any atom is -0.422 e. The van der Waals surface area contributed by atoms with Gasteiger partial charge in [0.2, 0.25) is 0 Å². The Kier molecular flexibility index (Phi) is 4.23. The smallest absolute Gasteiger partial charge is 0.329 e. The molecule has 3 heterocycles. The number of carbonyl (C=O) groups is 2. The number of benzene rings is 2. The molecule has 0 amide bonds. The summed E-state index contributed by atoms with van der Waals surface area (Å²) in [5, 5.41) is 9.56. The number of fused-ring (bicyclic) bond motifs is 4. The zero-order valence-corrected chi connectivity index (χ0v) is 17.5. The van der Waals surface area contributed by atoms with E-state index in [1.165, 1.54) is 0 Å². The number of rotatable bonds is 1. The summed E-state index contributed by atoms with van der Waals surface area (Å²) >= 11 is 0. The van der Waals surface area contributed by atoms with Crippen LogP contribution in [-0.2, 0) is 25.5 Å². The molecule has 2 saturated heterocycles. The fourth-order valence-corrected chi connectivity index (χ4v) is 5.06. The van der Waals surface area contributed by atoms with Gasteiger partial charge in [0.05, 0.1) is 17.3 Å². The fourth-order valence-electron chi connectivity index (χ4n) is 5.06. The predicted molar refractivity (Wildman–Crippen MR) is 113 cm³/mol. The summed E-state index contributed by atoms with van der Waals surface area (Å²) in [6.45, 7) is 4.81. The molecule has 2 fully saturated rings. The molecule has 0 N–H and O–H groups in total. The second kappa shape index (κ2) is 6.74. The lowest BCUT2D eigenvalue weighted by molar-refractivity contribution is -0.253. The molecule has 7 nitrogen and oxygen atoms in total. The highest BCUT2D eigenvalue weighted by Crippen LogP contribution is 2.48. The van der Waals surface area contributed by atoms with Crippen LogP contribution in [0.25, 0.3) is 0 Å². The Bertz CT molecular complexity index is 1100. The monoisotopic (exact) mass is 417 g/mol. The molecular formula is C24H23N3O4. The summed E-state index contributed by atoms with van der Waals surface area (Å²) in [5.74, 6) is -2.38. The number of anilines is 2. The lowest BCUT2D eigenvalue weighted by Crippen LogP contribution is -2.71. The van der Waals surface area contributed by atoms with Crippen molar-refractivity contribution in [3.8, 4) is 6.07 Å². The van der Waals surface area contributed by atoms with Crippen LogP contribution in [0, 0.1) is 16.7 Å². The third kappa shape index (κ3) is 2.86. The topological polar surface area (TPSA) is 82.9 Å². The first kappa shape index (κ1) is 19.4. The number of carbonyl (C=O) groups excluding carboxylic acids is 2. The first-order valence-electron chi connectivity index (χ1n) is 10.4. The molecule has 5 rings (SSSR count). The molecule has 1 atom stereocenters. The number of esters is 2. The van der Waals surface area contributed by atoms with Crippen LogP contribution in [0.1, 0.15) is 25.0 Å². The molecule has 158 valence electrons. The van der Waals surface area contributed by atoms with E-state index in [0.29, 0.717) is 25.2 Å². The van der Waals surface area contributed by atoms with Crippen LogP contribution in [-0.4, -0.2) is 43.4 Å². The Morgan fingerprint density at radius 3 is 2.32 bits per heavy atom. The molecule has 1 unspecified atom stereocenters. The van der Waals surface area contributed by atoms with E-state index in [-0.39, 0.29) is 6.42 Å². The first-order chi connectivity index (χ1) is 14.9. The Labute approximate surface area is 180 Å². The predicted octanol–water partition coefficient (Wildman–Crippen LogP) is 2.63. The summed E-state index contributed by atoms with van der Waals surface area (Å²) in [5.41, 5.74) is 1.87. The van der Waals surface area contributed by atoms with Gasteiger partial charge in [-0.1, -0.05) is 30.3 Å². The minimum atomic E-state index is -1.45. The highest BCUT2D eigenvalue weighted by atomic mass is 16.7. The molecule has 0 aliphatic carbocycles. The lowest BCUT2D eigenvalue weighted by Gasteiger charge is -2.55. The van der Waals surface area contributed by atoms with Crippen molar-refractivity contribution >= 4 is 23.3 Å². The van der Waals surface area contributed by atoms with Crippen molar-refractivity contribution in [1.29, 1.82) is 5.26 Å². The van der Waals surface area contributed by atoms with Gasteiger partial charge in [-0.2, -0.15) is 5.26 Å². The normalized spacial score (nSPS) is 23.3. The van der Waals surface area contributed by atoms with Crippen molar-refractivity contribution in [3.05, 3.63) is 59.7 Å². The number of ether oxygens (including phenoxy) is 2. The molecule has 3 aliphatic heterocycles. The first-order valence-corrected chi connectivity index (χ1v) is 10.4. The molecule has 0 aromatic heterocycles. The maximum atomic E-state index is 13.4. The van der Waals surface area contributed by atoms with Crippen molar-refractivity contribution in [2.45, 2.75) is 32.1 Å². The van der Waals surface area contributed by atoms with Gasteiger partial charge in [-0.3, -0.25) is 9.59 Å². The highest BCUT2D eigenvalue weighted by Gasteiger charge is 2.64. The van der Waals surface area contributed by atoms with Crippen LogP contribution in [0.2, 0.25) is 0 Å². The average molecular weight is 417 g/mol. The van der Waals surface area contributed by atoms with Crippen molar-refractivity contribution in [2.24, 2.45) is 5.41 Å². The molecular weight excluding hydrogens is 394 g/mol. The number of nitriles is 1. The van der Waals surface area contributed by atoms with E-state index in [1.54, 1.807) is 19.9 Å². The van der Waals surface area contributed by atoms with E-state index in [2.05, 4.69) is 15.9 Å². The molecule has 0 bridgehead atoms. The molecule has 2 aromatic rings. The minimum absolute atomic E-state index is 0.228. The van der Waals surface area contributed by atoms with Gasteiger partial charge in [0.1, 0.15) is 6.07 Å². The third-order valence-corrected chi connectivity index (χ3v) is 6.49. The van der Waals surface area contributed by atoms with Gasteiger partial charge >= 0.3 is 11.9 Å². The highest BCUT2D eigenvalue weighted by molar-refractivity contribution is 6.04. The lowest BCUT2D eigenvalue weighted by atomic mass is 9.69. The van der Waals surface area contributed by atoms with Crippen molar-refractivity contribution in [2.75, 3.05) is 29.4 Å². The van der Waals surface area contributed by atoms with Gasteiger partial charge in [-0.25, -0.2) is 0 Å². The molecule has 0 radical (unpaired) electrons. The van der Waals surface area contributed by atoms with Crippen LogP contribution < -0.4 is 9.80 Å². The number of para-hydroxylation sites is 2. The Morgan fingerprint density at radius 1 is 0.968 bits per heavy atom.